The van der Waals surface area contributed by atoms with Crippen molar-refractivity contribution >= 4 is 28.9 Å². The predicted octanol–water partition coefficient (Wildman–Crippen LogP) is 2.67. The largest absolute Gasteiger partial charge is 0.365 e. The van der Waals surface area contributed by atoms with Crippen molar-refractivity contribution in [2.75, 3.05) is 16.8 Å². The minimum absolute atomic E-state index is 0.0998. The first-order valence-electron chi connectivity index (χ1n) is 6.58. The van der Waals surface area contributed by atoms with Crippen molar-refractivity contribution in [3.8, 4) is 0 Å². The molecule has 0 aromatic heterocycles. The molecule has 1 aromatic rings. The molecule has 1 aromatic carbocycles. The molecule has 0 aliphatic carbocycles. The van der Waals surface area contributed by atoms with E-state index in [-0.39, 0.29) is 11.4 Å². The van der Waals surface area contributed by atoms with E-state index in [1.807, 2.05) is 12.1 Å². The van der Waals surface area contributed by atoms with Crippen LogP contribution in [0.1, 0.15) is 38.3 Å². The Balaban J connectivity index is 2.06. The quantitative estimate of drug-likeness (QED) is 0.831. The second-order valence-corrected chi connectivity index (χ2v) is 6.33. The van der Waals surface area contributed by atoms with Gasteiger partial charge in [-0.25, -0.2) is 0 Å². The van der Waals surface area contributed by atoms with E-state index < -0.39 is 6.04 Å². The number of fused-ring (bicyclic) bond motifs is 1. The first kappa shape index (κ1) is 12.8. The summed E-state index contributed by atoms with van der Waals surface area (Å²) >= 11 is 6.39. The third-order valence-corrected chi connectivity index (χ3v) is 4.49. The molecule has 1 unspecified atom stereocenters. The summed E-state index contributed by atoms with van der Waals surface area (Å²) in [5.41, 5.74) is 8.49. The number of nitrogens with zero attached hydrogens (tertiary/aromatic N) is 1. The average molecular weight is 280 g/mol. The number of benzene rings is 1. The minimum Gasteiger partial charge on any atom is -0.365 e. The SMILES string of the molecule is CC1(C)CCCN1c1cc2c(cc1Cl)C(N)C(=O)N2. The van der Waals surface area contributed by atoms with Gasteiger partial charge in [0.1, 0.15) is 6.04 Å². The van der Waals surface area contributed by atoms with Crippen molar-refractivity contribution < 1.29 is 4.79 Å². The van der Waals surface area contributed by atoms with E-state index in [9.17, 15) is 4.79 Å². The van der Waals surface area contributed by atoms with Gasteiger partial charge in [-0.1, -0.05) is 11.6 Å². The maximum Gasteiger partial charge on any atom is 0.245 e. The van der Waals surface area contributed by atoms with Gasteiger partial charge in [-0.2, -0.15) is 0 Å². The van der Waals surface area contributed by atoms with Crippen LogP contribution in [0.15, 0.2) is 12.1 Å². The zero-order valence-electron chi connectivity index (χ0n) is 11.2. The highest BCUT2D eigenvalue weighted by Crippen LogP contribution is 2.42. The fraction of sp³-hybridized carbons (Fsp3) is 0.500. The molecule has 2 aliphatic heterocycles. The molecule has 1 fully saturated rings. The maximum atomic E-state index is 11.6. The molecule has 0 radical (unpaired) electrons. The number of anilines is 2. The van der Waals surface area contributed by atoms with Gasteiger partial charge >= 0.3 is 0 Å². The number of halogens is 1. The molecule has 1 atom stereocenters. The van der Waals surface area contributed by atoms with E-state index in [0.29, 0.717) is 5.02 Å². The number of hydrogen-bond acceptors (Lipinski definition) is 3. The summed E-state index contributed by atoms with van der Waals surface area (Å²) in [6, 6.07) is 3.17. The molecule has 2 aliphatic rings. The van der Waals surface area contributed by atoms with Crippen LogP contribution in [0, 0.1) is 0 Å². The fourth-order valence-electron chi connectivity index (χ4n) is 3.06. The molecule has 0 saturated carbocycles. The smallest absolute Gasteiger partial charge is 0.245 e. The Bertz CT molecular complexity index is 556. The first-order chi connectivity index (χ1) is 8.90. The van der Waals surface area contributed by atoms with Crippen molar-refractivity contribution in [1.29, 1.82) is 0 Å². The number of carbonyl (C=O) groups is 1. The second-order valence-electron chi connectivity index (χ2n) is 5.93. The van der Waals surface area contributed by atoms with Gasteiger partial charge < -0.3 is 16.0 Å². The summed E-state index contributed by atoms with van der Waals surface area (Å²) in [5.74, 6) is -0.163. The van der Waals surface area contributed by atoms with Gasteiger partial charge in [0.2, 0.25) is 5.91 Å². The summed E-state index contributed by atoms with van der Waals surface area (Å²) < 4.78 is 0. The van der Waals surface area contributed by atoms with Crippen LogP contribution in [0.2, 0.25) is 5.02 Å². The highest BCUT2D eigenvalue weighted by atomic mass is 35.5. The Morgan fingerprint density at radius 1 is 1.47 bits per heavy atom. The Labute approximate surface area is 117 Å². The number of amides is 1. The molecule has 4 nitrogen and oxygen atoms in total. The number of hydrogen-bond donors (Lipinski definition) is 2. The van der Waals surface area contributed by atoms with Crippen molar-refractivity contribution in [2.45, 2.75) is 38.3 Å². The van der Waals surface area contributed by atoms with E-state index in [1.165, 1.54) is 0 Å². The second kappa shape index (κ2) is 4.12. The van der Waals surface area contributed by atoms with Crippen LogP contribution >= 0.6 is 11.6 Å². The number of carbonyl (C=O) groups excluding carboxylic acids is 1. The Morgan fingerprint density at radius 2 is 2.21 bits per heavy atom. The third kappa shape index (κ3) is 1.90. The summed E-state index contributed by atoms with van der Waals surface area (Å²) in [6.45, 7) is 5.42. The van der Waals surface area contributed by atoms with E-state index in [2.05, 4.69) is 24.1 Å². The number of nitrogens with two attached hydrogens (primary N) is 1. The third-order valence-electron chi connectivity index (χ3n) is 4.19. The van der Waals surface area contributed by atoms with Gasteiger partial charge in [-0.05, 0) is 38.8 Å². The van der Waals surface area contributed by atoms with Gasteiger partial charge in [0.25, 0.3) is 0 Å². The van der Waals surface area contributed by atoms with Crippen LogP contribution in [0.5, 0.6) is 0 Å². The first-order valence-corrected chi connectivity index (χ1v) is 6.95. The minimum atomic E-state index is -0.604. The lowest BCUT2D eigenvalue weighted by Crippen LogP contribution is -2.38. The van der Waals surface area contributed by atoms with E-state index in [1.54, 1.807) is 0 Å². The standard InChI is InChI=1S/C14H18ClN3O/c1-14(2)4-3-5-18(14)11-7-10-8(6-9(11)15)12(16)13(19)17-10/h6-7,12H,3-5,16H2,1-2H3,(H,17,19). The normalized spacial score (nSPS) is 24.5. The van der Waals surface area contributed by atoms with E-state index >= 15 is 0 Å². The van der Waals surface area contributed by atoms with Crippen LogP contribution < -0.4 is 16.0 Å². The van der Waals surface area contributed by atoms with Gasteiger partial charge in [-0.3, -0.25) is 4.79 Å². The molecule has 19 heavy (non-hydrogen) atoms. The lowest BCUT2D eigenvalue weighted by molar-refractivity contribution is -0.116. The monoisotopic (exact) mass is 279 g/mol. The molecule has 3 rings (SSSR count). The zero-order chi connectivity index (χ0) is 13.8. The molecule has 5 heteroatoms. The number of rotatable bonds is 1. The topological polar surface area (TPSA) is 58.4 Å². The molecule has 0 spiro atoms. The highest BCUT2D eigenvalue weighted by molar-refractivity contribution is 6.33. The molecule has 0 bridgehead atoms. The maximum absolute atomic E-state index is 11.6. The molecular formula is C14H18ClN3O. The van der Waals surface area contributed by atoms with E-state index in [0.717, 1.165) is 36.3 Å². The lowest BCUT2D eigenvalue weighted by Gasteiger charge is -2.34. The Hall–Kier alpha value is -1.26. The molecule has 102 valence electrons. The lowest BCUT2D eigenvalue weighted by atomic mass is 10.0. The van der Waals surface area contributed by atoms with Crippen LogP contribution in [0.4, 0.5) is 11.4 Å². The van der Waals surface area contributed by atoms with Crippen molar-refractivity contribution in [2.24, 2.45) is 5.73 Å². The van der Waals surface area contributed by atoms with Crippen LogP contribution in [-0.4, -0.2) is 18.0 Å². The predicted molar refractivity (Wildman–Crippen MR) is 77.7 cm³/mol. The molecule has 1 amide bonds. The zero-order valence-corrected chi connectivity index (χ0v) is 11.9. The van der Waals surface area contributed by atoms with Gasteiger partial charge in [-0.15, -0.1) is 0 Å². The molecule has 3 N–H and O–H groups in total. The molecular weight excluding hydrogens is 262 g/mol. The highest BCUT2D eigenvalue weighted by Gasteiger charge is 2.35. The van der Waals surface area contributed by atoms with Crippen molar-refractivity contribution in [3.05, 3.63) is 22.7 Å². The summed E-state index contributed by atoms with van der Waals surface area (Å²) in [4.78, 5) is 13.9. The van der Waals surface area contributed by atoms with Crippen molar-refractivity contribution in [3.63, 3.8) is 0 Å². The van der Waals surface area contributed by atoms with Crippen LogP contribution in [0.25, 0.3) is 0 Å². The number of nitrogens with one attached hydrogen (secondary N) is 1. The van der Waals surface area contributed by atoms with Gasteiger partial charge in [0, 0.05) is 23.3 Å². The summed E-state index contributed by atoms with van der Waals surface area (Å²) in [7, 11) is 0. The molecule has 2 heterocycles. The fourth-order valence-corrected chi connectivity index (χ4v) is 3.33. The van der Waals surface area contributed by atoms with Gasteiger partial charge in [0.15, 0.2) is 0 Å². The average Bonchev–Trinajstić information content (AvgIpc) is 2.81. The van der Waals surface area contributed by atoms with Crippen LogP contribution in [-0.2, 0) is 4.79 Å². The summed E-state index contributed by atoms with van der Waals surface area (Å²) in [6.07, 6.45) is 2.30. The van der Waals surface area contributed by atoms with Crippen molar-refractivity contribution in [1.82, 2.24) is 0 Å². The Kier molecular flexibility index (Phi) is 2.76. The Morgan fingerprint density at radius 3 is 2.84 bits per heavy atom. The summed E-state index contributed by atoms with van der Waals surface area (Å²) in [5, 5.41) is 3.48. The van der Waals surface area contributed by atoms with Gasteiger partial charge in [0.05, 0.1) is 10.7 Å². The van der Waals surface area contributed by atoms with Crippen LogP contribution in [0.3, 0.4) is 0 Å². The van der Waals surface area contributed by atoms with E-state index in [4.69, 9.17) is 17.3 Å². The molecule has 1 saturated heterocycles.